The second kappa shape index (κ2) is 6.10. The van der Waals surface area contributed by atoms with Crippen molar-refractivity contribution in [1.29, 1.82) is 0 Å². The average molecular weight is 408 g/mol. The second-order valence-corrected chi connectivity index (χ2v) is 7.88. The van der Waals surface area contributed by atoms with E-state index in [4.69, 9.17) is 16.3 Å². The fourth-order valence-electron chi connectivity index (χ4n) is 2.12. The van der Waals surface area contributed by atoms with Crippen LogP contribution in [-0.2, 0) is 4.74 Å². The summed E-state index contributed by atoms with van der Waals surface area (Å²) in [6, 6.07) is 7.92. The lowest BCUT2D eigenvalue weighted by molar-refractivity contribution is -0.000667. The maximum Gasteiger partial charge on any atom is 0.410 e. The maximum atomic E-state index is 11.9. The van der Waals surface area contributed by atoms with Crippen LogP contribution in [0, 0.1) is 5.92 Å². The molecular formula is C15H19ClINO2. The Labute approximate surface area is 138 Å². The highest BCUT2D eigenvalue weighted by Gasteiger charge is 2.37. The molecule has 1 unspecified atom stereocenters. The molecule has 1 fully saturated rings. The van der Waals surface area contributed by atoms with Crippen molar-refractivity contribution in [3.05, 3.63) is 34.9 Å². The first-order valence-corrected chi connectivity index (χ1v) is 8.26. The Balaban J connectivity index is 1.88. The molecule has 3 nitrogen and oxygen atoms in total. The molecule has 0 spiro atoms. The first-order chi connectivity index (χ1) is 9.26. The van der Waals surface area contributed by atoms with Gasteiger partial charge in [0.15, 0.2) is 0 Å². The van der Waals surface area contributed by atoms with Crippen molar-refractivity contribution in [2.75, 3.05) is 13.1 Å². The van der Waals surface area contributed by atoms with E-state index in [2.05, 4.69) is 28.7 Å². The maximum absolute atomic E-state index is 11.9. The highest BCUT2D eigenvalue weighted by molar-refractivity contribution is 14.1. The minimum atomic E-state index is -0.432. The van der Waals surface area contributed by atoms with E-state index in [1.807, 2.05) is 39.0 Å². The van der Waals surface area contributed by atoms with Crippen LogP contribution in [0.4, 0.5) is 4.79 Å². The van der Waals surface area contributed by atoms with Gasteiger partial charge in [-0.3, -0.25) is 0 Å². The Bertz CT molecular complexity index is 495. The number of ether oxygens (including phenoxy) is 1. The number of hydrogen-bond donors (Lipinski definition) is 0. The molecule has 1 atom stereocenters. The van der Waals surface area contributed by atoms with E-state index in [-0.39, 0.29) is 6.09 Å². The van der Waals surface area contributed by atoms with Gasteiger partial charge in [0.05, 0.1) is 0 Å². The van der Waals surface area contributed by atoms with E-state index >= 15 is 0 Å². The molecule has 1 amide bonds. The van der Waals surface area contributed by atoms with Crippen molar-refractivity contribution < 1.29 is 9.53 Å². The molecule has 0 saturated carbocycles. The summed E-state index contributed by atoms with van der Waals surface area (Å²) < 4.78 is 5.72. The van der Waals surface area contributed by atoms with Gasteiger partial charge in [0, 0.05) is 28.0 Å². The highest BCUT2D eigenvalue weighted by atomic mass is 127. The van der Waals surface area contributed by atoms with Gasteiger partial charge in [-0.25, -0.2) is 4.79 Å². The quantitative estimate of drug-likeness (QED) is 0.526. The lowest BCUT2D eigenvalue weighted by Crippen LogP contribution is -2.52. The topological polar surface area (TPSA) is 29.5 Å². The Morgan fingerprint density at radius 1 is 1.45 bits per heavy atom. The first-order valence-electron chi connectivity index (χ1n) is 6.64. The van der Waals surface area contributed by atoms with Crippen molar-refractivity contribution in [2.45, 2.75) is 30.3 Å². The SMILES string of the molecule is CC(C)(C)OC(=O)N1CC(C(I)c2cccc(Cl)c2)C1. The molecule has 0 N–H and O–H groups in total. The Morgan fingerprint density at radius 3 is 2.65 bits per heavy atom. The smallest absolute Gasteiger partial charge is 0.410 e. The van der Waals surface area contributed by atoms with Crippen LogP contribution in [0.15, 0.2) is 24.3 Å². The van der Waals surface area contributed by atoms with Crippen LogP contribution in [-0.4, -0.2) is 29.7 Å². The summed E-state index contributed by atoms with van der Waals surface area (Å²) in [6.45, 7) is 7.14. The molecule has 20 heavy (non-hydrogen) atoms. The molecule has 1 aliphatic heterocycles. The number of amides is 1. The molecule has 5 heteroatoms. The van der Waals surface area contributed by atoms with Gasteiger partial charge < -0.3 is 9.64 Å². The zero-order valence-electron chi connectivity index (χ0n) is 11.9. The summed E-state index contributed by atoms with van der Waals surface area (Å²) in [6.07, 6.45) is -0.219. The summed E-state index contributed by atoms with van der Waals surface area (Å²) in [5, 5.41) is 0.757. The molecule has 1 aromatic rings. The minimum absolute atomic E-state index is 0.219. The molecule has 1 aromatic carbocycles. The van der Waals surface area contributed by atoms with Crippen molar-refractivity contribution in [3.8, 4) is 0 Å². The Kier molecular flexibility index (Phi) is 4.84. The van der Waals surface area contributed by atoms with Crippen LogP contribution in [0.5, 0.6) is 0 Å². The summed E-state index contributed by atoms with van der Waals surface area (Å²) in [4.78, 5) is 13.6. The number of hydrogen-bond acceptors (Lipinski definition) is 2. The predicted octanol–water partition coefficient (Wildman–Crippen LogP) is 4.68. The van der Waals surface area contributed by atoms with Crippen LogP contribution in [0.2, 0.25) is 5.02 Å². The van der Waals surface area contributed by atoms with Gasteiger partial charge in [-0.15, -0.1) is 0 Å². The third-order valence-electron chi connectivity index (χ3n) is 3.14. The number of carbonyl (C=O) groups is 1. The Hall–Kier alpha value is -0.490. The predicted molar refractivity (Wildman–Crippen MR) is 89.5 cm³/mol. The first kappa shape index (κ1) is 15.9. The van der Waals surface area contributed by atoms with Crippen LogP contribution >= 0.6 is 34.2 Å². The van der Waals surface area contributed by atoms with Gasteiger partial charge in [0.1, 0.15) is 5.60 Å². The van der Waals surface area contributed by atoms with Gasteiger partial charge in [0.2, 0.25) is 0 Å². The van der Waals surface area contributed by atoms with Crippen molar-refractivity contribution in [2.24, 2.45) is 5.92 Å². The number of nitrogens with zero attached hydrogens (tertiary/aromatic N) is 1. The Morgan fingerprint density at radius 2 is 2.10 bits per heavy atom. The molecule has 0 aromatic heterocycles. The van der Waals surface area contributed by atoms with Gasteiger partial charge >= 0.3 is 6.09 Å². The summed E-state index contributed by atoms with van der Waals surface area (Å²) in [7, 11) is 0. The molecule has 1 aliphatic rings. The molecule has 0 bridgehead atoms. The fraction of sp³-hybridized carbons (Fsp3) is 0.533. The average Bonchev–Trinajstić information content (AvgIpc) is 2.24. The van der Waals surface area contributed by atoms with E-state index < -0.39 is 5.60 Å². The van der Waals surface area contributed by atoms with E-state index in [1.165, 1.54) is 5.56 Å². The lowest BCUT2D eigenvalue weighted by Gasteiger charge is -2.42. The molecule has 1 heterocycles. The summed E-state index contributed by atoms with van der Waals surface area (Å²) in [5.74, 6) is 0.460. The van der Waals surface area contributed by atoms with Gasteiger partial charge in [0.25, 0.3) is 0 Å². The number of likely N-dealkylation sites (tertiary alicyclic amines) is 1. The molecular weight excluding hydrogens is 389 g/mol. The molecule has 2 rings (SSSR count). The normalized spacial score (nSPS) is 17.6. The number of rotatable bonds is 2. The highest BCUT2D eigenvalue weighted by Crippen LogP contribution is 2.38. The van der Waals surface area contributed by atoms with Crippen molar-refractivity contribution in [1.82, 2.24) is 4.90 Å². The van der Waals surface area contributed by atoms with E-state index in [0.717, 1.165) is 18.1 Å². The van der Waals surface area contributed by atoms with Crippen LogP contribution in [0.3, 0.4) is 0 Å². The number of alkyl halides is 1. The standard InChI is InChI=1S/C15H19ClINO2/c1-15(2,3)20-14(19)18-8-11(9-18)13(17)10-5-4-6-12(16)7-10/h4-7,11,13H,8-9H2,1-3H3. The summed E-state index contributed by atoms with van der Waals surface area (Å²) >= 11 is 8.44. The van der Waals surface area contributed by atoms with Crippen molar-refractivity contribution in [3.63, 3.8) is 0 Å². The minimum Gasteiger partial charge on any atom is -0.444 e. The van der Waals surface area contributed by atoms with Gasteiger partial charge in [-0.1, -0.05) is 46.3 Å². The number of benzene rings is 1. The molecule has 1 saturated heterocycles. The van der Waals surface area contributed by atoms with E-state index in [0.29, 0.717) is 9.84 Å². The van der Waals surface area contributed by atoms with E-state index in [1.54, 1.807) is 4.90 Å². The van der Waals surface area contributed by atoms with Gasteiger partial charge in [-0.05, 0) is 38.5 Å². The zero-order valence-corrected chi connectivity index (χ0v) is 14.8. The molecule has 0 aliphatic carbocycles. The van der Waals surface area contributed by atoms with Crippen LogP contribution < -0.4 is 0 Å². The van der Waals surface area contributed by atoms with Gasteiger partial charge in [-0.2, -0.15) is 0 Å². The second-order valence-electron chi connectivity index (χ2n) is 6.10. The fourth-order valence-corrected chi connectivity index (χ4v) is 3.16. The monoisotopic (exact) mass is 407 g/mol. The van der Waals surface area contributed by atoms with Crippen molar-refractivity contribution >= 4 is 40.3 Å². The molecule has 110 valence electrons. The van der Waals surface area contributed by atoms with E-state index in [9.17, 15) is 4.79 Å². The zero-order chi connectivity index (χ0) is 14.9. The number of carbonyl (C=O) groups excluding carboxylic acids is 1. The summed E-state index contributed by atoms with van der Waals surface area (Å²) in [5.41, 5.74) is 0.783. The van der Waals surface area contributed by atoms with Crippen LogP contribution in [0.1, 0.15) is 30.3 Å². The third-order valence-corrected chi connectivity index (χ3v) is 5.11. The largest absolute Gasteiger partial charge is 0.444 e. The number of halogens is 2. The lowest BCUT2D eigenvalue weighted by atomic mass is 9.92. The van der Waals surface area contributed by atoms with Crippen LogP contribution in [0.25, 0.3) is 0 Å². The third kappa shape index (κ3) is 4.01. The molecule has 0 radical (unpaired) electrons.